The molecule has 1 aromatic carbocycles. The molecule has 0 unspecified atom stereocenters. The van der Waals surface area contributed by atoms with Crippen LogP contribution in [0.3, 0.4) is 0 Å². The molecule has 0 radical (unpaired) electrons. The fourth-order valence-electron chi connectivity index (χ4n) is 1.81. The highest BCUT2D eigenvalue weighted by molar-refractivity contribution is 5.92. The number of carbonyl (C=O) groups is 2. The van der Waals surface area contributed by atoms with E-state index in [2.05, 4.69) is 11.9 Å². The second-order valence-corrected chi connectivity index (χ2v) is 4.56. The first-order chi connectivity index (χ1) is 10.3. The Hall–Kier alpha value is -2.31. The molecule has 0 heterocycles. The van der Waals surface area contributed by atoms with Crippen molar-refractivity contribution in [3.8, 4) is 0 Å². The average Bonchev–Trinajstić information content (AvgIpc) is 2.44. The standard InChI is InChI=1S/C15H17F3N2O2/c1-3-8-19-14(22)7-9-20(11(2)21)13-6-4-5-12(10-13)15(16,17)18/h3-6,10H,1,7-9H2,2H3,(H,19,22). The van der Waals surface area contributed by atoms with E-state index in [4.69, 9.17) is 0 Å². The van der Waals surface area contributed by atoms with Crippen LogP contribution in [0, 0.1) is 0 Å². The summed E-state index contributed by atoms with van der Waals surface area (Å²) in [6.45, 7) is 4.98. The molecule has 22 heavy (non-hydrogen) atoms. The normalized spacial score (nSPS) is 10.9. The summed E-state index contributed by atoms with van der Waals surface area (Å²) in [4.78, 5) is 24.3. The van der Waals surface area contributed by atoms with E-state index in [9.17, 15) is 22.8 Å². The highest BCUT2D eigenvalue weighted by atomic mass is 19.4. The van der Waals surface area contributed by atoms with E-state index >= 15 is 0 Å². The molecule has 7 heteroatoms. The number of benzene rings is 1. The Morgan fingerprint density at radius 2 is 2.05 bits per heavy atom. The van der Waals surface area contributed by atoms with Crippen molar-refractivity contribution in [2.45, 2.75) is 19.5 Å². The lowest BCUT2D eigenvalue weighted by Gasteiger charge is -2.22. The van der Waals surface area contributed by atoms with Gasteiger partial charge in [0.15, 0.2) is 0 Å². The Morgan fingerprint density at radius 1 is 1.36 bits per heavy atom. The molecule has 0 saturated carbocycles. The van der Waals surface area contributed by atoms with Crippen LogP contribution in [0.1, 0.15) is 18.9 Å². The molecular formula is C15H17F3N2O2. The minimum absolute atomic E-state index is 0.000377. The van der Waals surface area contributed by atoms with E-state index < -0.39 is 17.6 Å². The number of halogens is 3. The van der Waals surface area contributed by atoms with Gasteiger partial charge < -0.3 is 10.2 Å². The fourth-order valence-corrected chi connectivity index (χ4v) is 1.81. The average molecular weight is 314 g/mol. The number of rotatable bonds is 6. The number of hydrogen-bond acceptors (Lipinski definition) is 2. The van der Waals surface area contributed by atoms with Gasteiger partial charge in [0.2, 0.25) is 11.8 Å². The Bertz CT molecular complexity index is 556. The molecule has 1 rings (SSSR count). The molecule has 0 aliphatic heterocycles. The van der Waals surface area contributed by atoms with Gasteiger partial charge >= 0.3 is 6.18 Å². The van der Waals surface area contributed by atoms with E-state index in [1.165, 1.54) is 25.1 Å². The number of carbonyl (C=O) groups excluding carboxylic acids is 2. The zero-order chi connectivity index (χ0) is 16.8. The number of hydrogen-bond donors (Lipinski definition) is 1. The maximum Gasteiger partial charge on any atom is 0.416 e. The van der Waals surface area contributed by atoms with E-state index in [0.29, 0.717) is 6.54 Å². The summed E-state index contributed by atoms with van der Waals surface area (Å²) in [5, 5.41) is 2.54. The first-order valence-corrected chi connectivity index (χ1v) is 6.58. The molecular weight excluding hydrogens is 297 g/mol. The van der Waals surface area contributed by atoms with Crippen LogP contribution in [-0.2, 0) is 15.8 Å². The first-order valence-electron chi connectivity index (χ1n) is 6.58. The van der Waals surface area contributed by atoms with E-state index in [1.54, 1.807) is 0 Å². The summed E-state index contributed by atoms with van der Waals surface area (Å²) in [5.74, 6) is -0.742. The lowest BCUT2D eigenvalue weighted by molar-refractivity contribution is -0.137. The third-order valence-corrected chi connectivity index (χ3v) is 2.87. The second-order valence-electron chi connectivity index (χ2n) is 4.56. The predicted molar refractivity (Wildman–Crippen MR) is 77.3 cm³/mol. The highest BCUT2D eigenvalue weighted by Gasteiger charge is 2.31. The van der Waals surface area contributed by atoms with Crippen molar-refractivity contribution in [3.63, 3.8) is 0 Å². The monoisotopic (exact) mass is 314 g/mol. The maximum absolute atomic E-state index is 12.7. The van der Waals surface area contributed by atoms with Gasteiger partial charge in [-0.1, -0.05) is 12.1 Å². The Kier molecular flexibility index (Phi) is 6.15. The fraction of sp³-hybridized carbons (Fsp3) is 0.333. The first kappa shape index (κ1) is 17.7. The van der Waals surface area contributed by atoms with Crippen molar-refractivity contribution in [2.24, 2.45) is 0 Å². The molecule has 0 aliphatic carbocycles. The topological polar surface area (TPSA) is 49.4 Å². The summed E-state index contributed by atoms with van der Waals surface area (Å²) >= 11 is 0. The van der Waals surface area contributed by atoms with Crippen molar-refractivity contribution in [3.05, 3.63) is 42.5 Å². The van der Waals surface area contributed by atoms with Gasteiger partial charge in [0.1, 0.15) is 0 Å². The van der Waals surface area contributed by atoms with E-state index in [0.717, 1.165) is 17.0 Å². The third-order valence-electron chi connectivity index (χ3n) is 2.87. The molecule has 0 saturated heterocycles. The van der Waals surface area contributed by atoms with Crippen LogP contribution in [0.25, 0.3) is 0 Å². The predicted octanol–water partition coefficient (Wildman–Crippen LogP) is 2.75. The highest BCUT2D eigenvalue weighted by Crippen LogP contribution is 2.31. The van der Waals surface area contributed by atoms with Crippen LogP contribution < -0.4 is 10.2 Å². The molecule has 120 valence electrons. The quantitative estimate of drug-likeness (QED) is 0.821. The molecule has 0 fully saturated rings. The van der Waals surface area contributed by atoms with Crippen molar-refractivity contribution >= 4 is 17.5 Å². The molecule has 1 N–H and O–H groups in total. The molecule has 0 atom stereocenters. The van der Waals surface area contributed by atoms with Gasteiger partial charge in [-0.15, -0.1) is 6.58 Å². The Balaban J connectivity index is 2.86. The largest absolute Gasteiger partial charge is 0.416 e. The van der Waals surface area contributed by atoms with Crippen LogP contribution >= 0.6 is 0 Å². The van der Waals surface area contributed by atoms with Gasteiger partial charge in [0.25, 0.3) is 0 Å². The van der Waals surface area contributed by atoms with Gasteiger partial charge in [-0.2, -0.15) is 13.2 Å². The summed E-state index contributed by atoms with van der Waals surface area (Å²) in [5.41, 5.74) is -0.730. The molecule has 0 bridgehead atoms. The van der Waals surface area contributed by atoms with Crippen molar-refractivity contribution < 1.29 is 22.8 Å². The molecule has 4 nitrogen and oxygen atoms in total. The lowest BCUT2D eigenvalue weighted by Crippen LogP contribution is -2.34. The second kappa shape index (κ2) is 7.63. The van der Waals surface area contributed by atoms with Gasteiger partial charge in [0.05, 0.1) is 5.56 Å². The summed E-state index contributed by atoms with van der Waals surface area (Å²) in [7, 11) is 0. The number of amides is 2. The van der Waals surface area contributed by atoms with Gasteiger partial charge in [-0.3, -0.25) is 9.59 Å². The smallest absolute Gasteiger partial charge is 0.353 e. The van der Waals surface area contributed by atoms with Crippen LogP contribution in [0.15, 0.2) is 36.9 Å². The molecule has 1 aromatic rings. The summed E-state index contributed by atoms with van der Waals surface area (Å²) in [6, 6.07) is 4.45. The van der Waals surface area contributed by atoms with Gasteiger partial charge in [-0.05, 0) is 18.2 Å². The lowest BCUT2D eigenvalue weighted by atomic mass is 10.1. The SMILES string of the molecule is C=CCNC(=O)CCN(C(C)=O)c1cccc(C(F)(F)F)c1. The number of nitrogens with zero attached hydrogens (tertiary/aromatic N) is 1. The van der Waals surface area contributed by atoms with Crippen LogP contribution in [0.5, 0.6) is 0 Å². The third kappa shape index (κ3) is 5.23. The van der Waals surface area contributed by atoms with Crippen molar-refractivity contribution in [1.82, 2.24) is 5.32 Å². The van der Waals surface area contributed by atoms with Crippen molar-refractivity contribution in [2.75, 3.05) is 18.0 Å². The van der Waals surface area contributed by atoms with E-state index in [1.807, 2.05) is 0 Å². The zero-order valence-electron chi connectivity index (χ0n) is 12.1. The van der Waals surface area contributed by atoms with E-state index in [-0.39, 0.29) is 24.6 Å². The zero-order valence-corrected chi connectivity index (χ0v) is 12.1. The minimum atomic E-state index is -4.49. The minimum Gasteiger partial charge on any atom is -0.353 e. The maximum atomic E-state index is 12.7. The Labute approximate surface area is 126 Å². The summed E-state index contributed by atoms with van der Waals surface area (Å²) < 4.78 is 38.1. The molecule has 0 aliphatic rings. The molecule has 0 aromatic heterocycles. The Morgan fingerprint density at radius 3 is 2.59 bits per heavy atom. The van der Waals surface area contributed by atoms with Gasteiger partial charge in [-0.25, -0.2) is 0 Å². The molecule has 0 spiro atoms. The number of anilines is 1. The van der Waals surface area contributed by atoms with Gasteiger partial charge in [0, 0.05) is 32.1 Å². The molecule has 2 amide bonds. The number of nitrogens with one attached hydrogen (secondary N) is 1. The summed E-state index contributed by atoms with van der Waals surface area (Å²) in [6.07, 6.45) is -2.99. The van der Waals surface area contributed by atoms with Crippen LogP contribution in [-0.4, -0.2) is 24.9 Å². The van der Waals surface area contributed by atoms with Crippen LogP contribution in [0.2, 0.25) is 0 Å². The number of alkyl halides is 3. The van der Waals surface area contributed by atoms with Crippen molar-refractivity contribution in [1.29, 1.82) is 0 Å². The van der Waals surface area contributed by atoms with Crippen LogP contribution in [0.4, 0.5) is 18.9 Å².